The van der Waals surface area contributed by atoms with Gasteiger partial charge in [0.15, 0.2) is 5.76 Å². The number of fused-ring (bicyclic) bond motifs is 1. The van der Waals surface area contributed by atoms with Gasteiger partial charge in [-0.1, -0.05) is 5.16 Å². The lowest BCUT2D eigenvalue weighted by molar-refractivity contribution is 0.180. The Morgan fingerprint density at radius 3 is 2.63 bits per heavy atom. The van der Waals surface area contributed by atoms with Gasteiger partial charge in [-0.05, 0) is 43.7 Å². The van der Waals surface area contributed by atoms with E-state index < -0.39 is 10.0 Å². The van der Waals surface area contributed by atoms with Crippen LogP contribution in [-0.2, 0) is 10.0 Å². The number of hydrogen-bond acceptors (Lipinski definition) is 10. The molecule has 0 spiro atoms. The van der Waals surface area contributed by atoms with Crippen LogP contribution in [0.1, 0.15) is 17.5 Å². The largest absolute Gasteiger partial charge is 0.355 e. The number of aliphatic imine (C=N–C) groups is 1. The molecular formula is C26H28N6O3S3. The average Bonchev–Trinajstić information content (AvgIpc) is 3.69. The first-order chi connectivity index (χ1) is 18.4. The van der Waals surface area contributed by atoms with Crippen molar-refractivity contribution in [3.05, 3.63) is 58.7 Å². The normalized spacial score (nSPS) is 17.6. The zero-order chi connectivity index (χ0) is 26.3. The molecule has 0 amide bonds. The van der Waals surface area contributed by atoms with E-state index in [0.717, 1.165) is 22.7 Å². The summed E-state index contributed by atoms with van der Waals surface area (Å²) in [5.41, 5.74) is 4.35. The molecular weight excluding hydrogens is 541 g/mol. The number of piperazine rings is 1. The van der Waals surface area contributed by atoms with E-state index in [2.05, 4.69) is 37.2 Å². The van der Waals surface area contributed by atoms with E-state index in [4.69, 9.17) is 4.52 Å². The molecule has 2 aliphatic rings. The second-order valence-corrected chi connectivity index (χ2v) is 13.7. The van der Waals surface area contributed by atoms with Crippen molar-refractivity contribution in [3.8, 4) is 21.8 Å². The van der Waals surface area contributed by atoms with Crippen LogP contribution in [0.15, 0.2) is 61.8 Å². The number of thiophene rings is 2. The van der Waals surface area contributed by atoms with E-state index in [1.165, 1.54) is 27.5 Å². The lowest BCUT2D eigenvalue weighted by Gasteiger charge is -2.39. The summed E-state index contributed by atoms with van der Waals surface area (Å²) in [5, 5.41) is 6.10. The van der Waals surface area contributed by atoms with Gasteiger partial charge in [-0.15, -0.1) is 22.7 Å². The van der Waals surface area contributed by atoms with Gasteiger partial charge in [0, 0.05) is 74.4 Å². The maximum atomic E-state index is 13.3. The van der Waals surface area contributed by atoms with Crippen molar-refractivity contribution in [1.29, 1.82) is 0 Å². The summed E-state index contributed by atoms with van der Waals surface area (Å²) in [4.78, 5) is 15.4. The Hall–Kier alpha value is -2.90. The third kappa shape index (κ3) is 4.82. The zero-order valence-electron chi connectivity index (χ0n) is 21.1. The fraction of sp³-hybridized carbons (Fsp3) is 0.346. The molecule has 0 aromatic carbocycles. The summed E-state index contributed by atoms with van der Waals surface area (Å²) >= 11 is 2.93. The van der Waals surface area contributed by atoms with Crippen LogP contribution in [0.25, 0.3) is 21.8 Å². The van der Waals surface area contributed by atoms with E-state index in [9.17, 15) is 8.42 Å². The molecule has 9 nitrogen and oxygen atoms in total. The second kappa shape index (κ2) is 10.3. The molecule has 6 rings (SSSR count). The minimum atomic E-state index is -3.55. The van der Waals surface area contributed by atoms with Crippen molar-refractivity contribution >= 4 is 44.6 Å². The Morgan fingerprint density at radius 2 is 1.89 bits per heavy atom. The Balaban J connectivity index is 1.11. The van der Waals surface area contributed by atoms with Gasteiger partial charge in [0.1, 0.15) is 10.9 Å². The lowest BCUT2D eigenvalue weighted by atomic mass is 10.1. The molecule has 0 saturated carbocycles. The zero-order valence-corrected chi connectivity index (χ0v) is 23.6. The van der Waals surface area contributed by atoms with E-state index in [-0.39, 0.29) is 6.04 Å². The number of pyridine rings is 1. The van der Waals surface area contributed by atoms with Crippen molar-refractivity contribution in [2.75, 3.05) is 44.3 Å². The van der Waals surface area contributed by atoms with Crippen molar-refractivity contribution < 1.29 is 12.9 Å². The Bertz CT molecular complexity index is 1550. The highest BCUT2D eigenvalue weighted by molar-refractivity contribution is 7.91. The molecule has 6 heterocycles. The molecule has 0 N–H and O–H groups in total. The number of nitrogens with zero attached hydrogens (tertiary/aromatic N) is 6. The number of anilines is 1. The molecule has 1 atom stereocenters. The minimum absolute atomic E-state index is 0.217. The van der Waals surface area contributed by atoms with Gasteiger partial charge in [-0.25, -0.2) is 8.42 Å². The Morgan fingerprint density at radius 1 is 1.11 bits per heavy atom. The van der Waals surface area contributed by atoms with Crippen molar-refractivity contribution in [2.24, 2.45) is 4.99 Å². The van der Waals surface area contributed by atoms with Crippen LogP contribution in [0, 0.1) is 6.92 Å². The lowest BCUT2D eigenvalue weighted by Crippen LogP contribution is -2.52. The maximum Gasteiger partial charge on any atom is 0.252 e. The predicted molar refractivity (Wildman–Crippen MR) is 152 cm³/mol. The quantitative estimate of drug-likeness (QED) is 0.326. The van der Waals surface area contributed by atoms with Gasteiger partial charge in [0.25, 0.3) is 10.0 Å². The van der Waals surface area contributed by atoms with E-state index in [1.807, 2.05) is 43.7 Å². The van der Waals surface area contributed by atoms with Gasteiger partial charge in [-0.3, -0.25) is 14.9 Å². The molecule has 12 heteroatoms. The second-order valence-electron chi connectivity index (χ2n) is 9.53. The number of hydrogen-bond donors (Lipinski definition) is 0. The van der Waals surface area contributed by atoms with Crippen LogP contribution >= 0.6 is 22.7 Å². The van der Waals surface area contributed by atoms with Crippen LogP contribution < -0.4 is 4.90 Å². The standard InChI is InChI=1S/C26H28N6O3S3/c1-18-13-22(35-29-18)23-3-4-25(37-23)38(33,34)31-11-9-30(10-12-31)15-19(2)32-17-28-14-24-26(32)21(16-36-24)20-5-7-27-8-6-20/h3-8,13-14,16,19H,9-12,15,17H2,1-2H3/t19-/m0/s1. The smallest absolute Gasteiger partial charge is 0.252 e. The van der Waals surface area contributed by atoms with Gasteiger partial charge < -0.3 is 9.42 Å². The fourth-order valence-corrected chi connectivity index (χ4v) is 8.75. The molecule has 0 unspecified atom stereocenters. The predicted octanol–water partition coefficient (Wildman–Crippen LogP) is 4.43. The Labute approximate surface area is 230 Å². The molecule has 1 saturated heterocycles. The van der Waals surface area contributed by atoms with Crippen molar-refractivity contribution in [1.82, 2.24) is 19.3 Å². The van der Waals surface area contributed by atoms with Crippen molar-refractivity contribution in [2.45, 2.75) is 24.1 Å². The summed E-state index contributed by atoms with van der Waals surface area (Å²) in [6.07, 6.45) is 5.62. The highest BCUT2D eigenvalue weighted by Gasteiger charge is 2.32. The maximum absolute atomic E-state index is 13.3. The first-order valence-corrected chi connectivity index (χ1v) is 15.6. The number of aryl methyl sites for hydroxylation is 1. The summed E-state index contributed by atoms with van der Waals surface area (Å²) in [6.45, 7) is 7.82. The molecule has 2 aliphatic heterocycles. The molecule has 198 valence electrons. The SMILES string of the molecule is Cc1cc(-c2ccc(S(=O)(=O)N3CCN(C[C@H](C)N4CN=Cc5scc(-c6ccncc6)c54)CC3)s2)on1. The first kappa shape index (κ1) is 25.4. The van der Waals surface area contributed by atoms with Crippen molar-refractivity contribution in [3.63, 3.8) is 0 Å². The fourth-order valence-electron chi connectivity index (χ4n) is 4.96. The van der Waals surface area contributed by atoms with Gasteiger partial charge in [0.05, 0.1) is 21.1 Å². The Kier molecular flexibility index (Phi) is 6.91. The van der Waals surface area contributed by atoms with E-state index >= 15 is 0 Å². The van der Waals surface area contributed by atoms with Crippen LogP contribution in [0.2, 0.25) is 0 Å². The van der Waals surface area contributed by atoms with Crippen LogP contribution in [0.3, 0.4) is 0 Å². The van der Waals surface area contributed by atoms with Gasteiger partial charge in [0.2, 0.25) is 0 Å². The van der Waals surface area contributed by atoms with Gasteiger partial charge >= 0.3 is 0 Å². The average molecular weight is 569 g/mol. The molecule has 0 bridgehead atoms. The highest BCUT2D eigenvalue weighted by Crippen LogP contribution is 2.40. The van der Waals surface area contributed by atoms with E-state index in [0.29, 0.717) is 42.8 Å². The summed E-state index contributed by atoms with van der Waals surface area (Å²) in [5.74, 6) is 0.593. The summed E-state index contributed by atoms with van der Waals surface area (Å²) in [6, 6.07) is 9.57. The minimum Gasteiger partial charge on any atom is -0.355 e. The van der Waals surface area contributed by atoms with Crippen LogP contribution in [-0.4, -0.2) is 79.4 Å². The third-order valence-corrected chi connectivity index (χ3v) is 11.3. The number of aromatic nitrogens is 2. The van der Waals surface area contributed by atoms with Crippen LogP contribution in [0.4, 0.5) is 5.69 Å². The van der Waals surface area contributed by atoms with Gasteiger partial charge in [-0.2, -0.15) is 4.31 Å². The molecule has 0 radical (unpaired) electrons. The molecule has 0 aliphatic carbocycles. The molecule has 1 fully saturated rings. The topological polar surface area (TPSA) is 95.1 Å². The monoisotopic (exact) mass is 568 g/mol. The summed E-state index contributed by atoms with van der Waals surface area (Å²) < 4.78 is 33.9. The number of rotatable bonds is 7. The molecule has 4 aromatic rings. The molecule has 38 heavy (non-hydrogen) atoms. The third-order valence-electron chi connectivity index (χ3n) is 6.95. The first-order valence-electron chi connectivity index (χ1n) is 12.4. The molecule has 4 aromatic heterocycles. The van der Waals surface area contributed by atoms with E-state index in [1.54, 1.807) is 27.8 Å². The van der Waals surface area contributed by atoms with Crippen LogP contribution in [0.5, 0.6) is 0 Å². The number of sulfonamides is 1. The highest BCUT2D eigenvalue weighted by atomic mass is 32.2. The summed E-state index contributed by atoms with van der Waals surface area (Å²) in [7, 11) is -3.55.